The fourth-order valence-corrected chi connectivity index (χ4v) is 2.97. The minimum Gasteiger partial charge on any atom is -0.508 e. The summed E-state index contributed by atoms with van der Waals surface area (Å²) in [6.45, 7) is 13.6. The molecule has 0 heterocycles. The third kappa shape index (κ3) is 3.01. The fourth-order valence-electron chi connectivity index (χ4n) is 2.97. The van der Waals surface area contributed by atoms with E-state index in [1.54, 1.807) is 12.1 Å². The van der Waals surface area contributed by atoms with Gasteiger partial charge in [-0.2, -0.15) is 0 Å². The van der Waals surface area contributed by atoms with Gasteiger partial charge in [-0.3, -0.25) is 0 Å². The Morgan fingerprint density at radius 2 is 1.19 bits per heavy atom. The maximum absolute atomic E-state index is 9.34. The van der Waals surface area contributed by atoms with Gasteiger partial charge in [0.15, 0.2) is 0 Å². The molecule has 0 fully saturated rings. The number of aromatic hydroxyl groups is 1. The molecule has 90 valence electrons. The van der Waals surface area contributed by atoms with Crippen LogP contribution in [0.5, 0.6) is 5.75 Å². The lowest BCUT2D eigenvalue weighted by atomic mass is 9.64. The second kappa shape index (κ2) is 4.12. The quantitative estimate of drug-likeness (QED) is 0.735. The minimum absolute atomic E-state index is 0.217. The van der Waals surface area contributed by atoms with Crippen molar-refractivity contribution in [1.29, 1.82) is 0 Å². The maximum atomic E-state index is 9.34. The maximum Gasteiger partial charge on any atom is 0.115 e. The molecule has 0 aliphatic heterocycles. The molecule has 16 heavy (non-hydrogen) atoms. The predicted octanol–water partition coefficient (Wildman–Crippen LogP) is 4.57. The third-order valence-corrected chi connectivity index (χ3v) is 2.96. The topological polar surface area (TPSA) is 20.2 Å². The van der Waals surface area contributed by atoms with Gasteiger partial charge >= 0.3 is 0 Å². The normalized spacial score (nSPS) is 13.2. The molecular formula is C15H24O. The lowest BCUT2D eigenvalue weighted by Crippen LogP contribution is -2.30. The Hall–Kier alpha value is -0.980. The number of phenols is 1. The molecule has 1 rings (SSSR count). The van der Waals surface area contributed by atoms with E-state index >= 15 is 0 Å². The van der Waals surface area contributed by atoms with Crippen LogP contribution in [0.1, 0.15) is 53.0 Å². The summed E-state index contributed by atoms with van der Waals surface area (Å²) in [6.07, 6.45) is 0. The van der Waals surface area contributed by atoms with Crippen LogP contribution in [-0.4, -0.2) is 5.11 Å². The van der Waals surface area contributed by atoms with E-state index in [2.05, 4.69) is 41.5 Å². The van der Waals surface area contributed by atoms with Gasteiger partial charge in [-0.25, -0.2) is 0 Å². The molecule has 0 bridgehead atoms. The Morgan fingerprint density at radius 3 is 1.50 bits per heavy atom. The third-order valence-electron chi connectivity index (χ3n) is 2.96. The van der Waals surface area contributed by atoms with Gasteiger partial charge in [-0.15, -0.1) is 0 Å². The van der Waals surface area contributed by atoms with E-state index in [4.69, 9.17) is 0 Å². The summed E-state index contributed by atoms with van der Waals surface area (Å²) in [5.74, 6) is 0.811. The fraction of sp³-hybridized carbons (Fsp3) is 0.600. The first-order valence-corrected chi connectivity index (χ1v) is 5.91. The second-order valence-corrected chi connectivity index (χ2v) is 6.76. The number of hydrogen-bond acceptors (Lipinski definition) is 1. The monoisotopic (exact) mass is 220 g/mol. The van der Waals surface area contributed by atoms with Crippen molar-refractivity contribution in [3.8, 4) is 5.75 Å². The molecule has 0 amide bonds. The molecular weight excluding hydrogens is 196 g/mol. The Kier molecular flexibility index (Phi) is 3.37. The molecule has 0 spiro atoms. The molecule has 0 aliphatic carbocycles. The van der Waals surface area contributed by atoms with Crippen LogP contribution in [0.25, 0.3) is 0 Å². The Balaban J connectivity index is 3.18. The van der Waals surface area contributed by atoms with Crippen molar-refractivity contribution in [2.24, 2.45) is 10.8 Å². The summed E-state index contributed by atoms with van der Waals surface area (Å²) in [5, 5.41) is 9.34. The predicted molar refractivity (Wildman–Crippen MR) is 69.8 cm³/mol. The van der Waals surface area contributed by atoms with Crippen LogP contribution in [0.15, 0.2) is 24.3 Å². The molecule has 0 saturated carbocycles. The van der Waals surface area contributed by atoms with Crippen molar-refractivity contribution in [1.82, 2.24) is 0 Å². The minimum atomic E-state index is 0.217. The standard InChI is InChI=1S/C15H24O/c1-14(2,3)13(15(4,5)6)11-7-9-12(16)10-8-11/h7-10,13,16H,1-6H3. The van der Waals surface area contributed by atoms with Crippen molar-refractivity contribution in [2.75, 3.05) is 0 Å². The smallest absolute Gasteiger partial charge is 0.115 e. The molecule has 0 aliphatic rings. The Bertz CT molecular complexity index is 321. The van der Waals surface area contributed by atoms with E-state index in [1.807, 2.05) is 12.1 Å². The molecule has 0 aromatic heterocycles. The SMILES string of the molecule is CC(C)(C)C(c1ccc(O)cc1)C(C)(C)C. The average molecular weight is 220 g/mol. The summed E-state index contributed by atoms with van der Waals surface area (Å²) in [6, 6.07) is 7.63. The van der Waals surface area contributed by atoms with Crippen LogP contribution in [0.2, 0.25) is 0 Å². The molecule has 1 N–H and O–H groups in total. The van der Waals surface area contributed by atoms with Gasteiger partial charge < -0.3 is 5.11 Å². The summed E-state index contributed by atoms with van der Waals surface area (Å²) in [7, 11) is 0. The first kappa shape index (κ1) is 13.1. The Morgan fingerprint density at radius 1 is 0.812 bits per heavy atom. The zero-order chi connectivity index (χ0) is 12.6. The van der Waals surface area contributed by atoms with Crippen LogP contribution < -0.4 is 0 Å². The zero-order valence-corrected chi connectivity index (χ0v) is 11.3. The van der Waals surface area contributed by atoms with Gasteiger partial charge in [0, 0.05) is 0 Å². The van der Waals surface area contributed by atoms with E-state index in [0.717, 1.165) is 0 Å². The van der Waals surface area contributed by atoms with Gasteiger partial charge in [0.25, 0.3) is 0 Å². The van der Waals surface area contributed by atoms with E-state index in [0.29, 0.717) is 11.7 Å². The lowest BCUT2D eigenvalue weighted by molar-refractivity contribution is 0.176. The van der Waals surface area contributed by atoms with Crippen molar-refractivity contribution >= 4 is 0 Å². The molecule has 1 aromatic carbocycles. The van der Waals surface area contributed by atoms with E-state index in [-0.39, 0.29) is 10.8 Å². The molecule has 0 saturated heterocycles. The van der Waals surface area contributed by atoms with Crippen molar-refractivity contribution in [3.63, 3.8) is 0 Å². The summed E-state index contributed by atoms with van der Waals surface area (Å²) >= 11 is 0. The molecule has 0 atom stereocenters. The molecule has 0 radical (unpaired) electrons. The highest BCUT2D eigenvalue weighted by Gasteiger charge is 2.35. The first-order chi connectivity index (χ1) is 7.12. The van der Waals surface area contributed by atoms with Crippen LogP contribution in [0, 0.1) is 10.8 Å². The Labute approximate surface area is 99.5 Å². The molecule has 1 aromatic rings. The van der Waals surface area contributed by atoms with E-state index in [1.165, 1.54) is 5.56 Å². The zero-order valence-electron chi connectivity index (χ0n) is 11.3. The summed E-state index contributed by atoms with van der Waals surface area (Å²) < 4.78 is 0. The largest absolute Gasteiger partial charge is 0.508 e. The molecule has 1 heteroatoms. The molecule has 1 nitrogen and oxygen atoms in total. The van der Waals surface area contributed by atoms with E-state index < -0.39 is 0 Å². The van der Waals surface area contributed by atoms with Crippen molar-refractivity contribution in [3.05, 3.63) is 29.8 Å². The van der Waals surface area contributed by atoms with Crippen molar-refractivity contribution < 1.29 is 5.11 Å². The number of hydrogen-bond donors (Lipinski definition) is 1. The second-order valence-electron chi connectivity index (χ2n) is 6.76. The molecule has 0 unspecified atom stereocenters. The summed E-state index contributed by atoms with van der Waals surface area (Å²) in [5.41, 5.74) is 1.74. The number of rotatable bonds is 1. The number of benzene rings is 1. The van der Waals surface area contributed by atoms with Gasteiger partial charge in [0.05, 0.1) is 0 Å². The number of phenolic OH excluding ortho intramolecular Hbond substituents is 1. The van der Waals surface area contributed by atoms with Gasteiger partial charge in [-0.05, 0) is 34.4 Å². The van der Waals surface area contributed by atoms with Crippen molar-refractivity contribution in [2.45, 2.75) is 47.5 Å². The van der Waals surface area contributed by atoms with Crippen LogP contribution in [0.4, 0.5) is 0 Å². The van der Waals surface area contributed by atoms with Gasteiger partial charge in [0.1, 0.15) is 5.75 Å². The highest BCUT2D eigenvalue weighted by atomic mass is 16.3. The average Bonchev–Trinajstić information content (AvgIpc) is 2.03. The van der Waals surface area contributed by atoms with Crippen LogP contribution in [0.3, 0.4) is 0 Å². The first-order valence-electron chi connectivity index (χ1n) is 5.91. The van der Waals surface area contributed by atoms with Crippen LogP contribution >= 0.6 is 0 Å². The van der Waals surface area contributed by atoms with Crippen LogP contribution in [-0.2, 0) is 0 Å². The lowest BCUT2D eigenvalue weighted by Gasteiger charge is -2.41. The van der Waals surface area contributed by atoms with Gasteiger partial charge in [-0.1, -0.05) is 53.7 Å². The van der Waals surface area contributed by atoms with Gasteiger partial charge in [0.2, 0.25) is 0 Å². The highest BCUT2D eigenvalue weighted by molar-refractivity contribution is 5.30. The summed E-state index contributed by atoms with van der Waals surface area (Å²) in [4.78, 5) is 0. The van der Waals surface area contributed by atoms with E-state index in [9.17, 15) is 5.11 Å². The highest BCUT2D eigenvalue weighted by Crippen LogP contribution is 2.47.